The molecule has 0 saturated carbocycles. The molecule has 2 aromatic heterocycles. The van der Waals surface area contributed by atoms with Gasteiger partial charge >= 0.3 is 5.97 Å². The van der Waals surface area contributed by atoms with Crippen molar-refractivity contribution in [2.75, 3.05) is 41.7 Å². The van der Waals surface area contributed by atoms with Crippen LogP contribution in [0.25, 0.3) is 10.1 Å². The molecule has 1 aliphatic heterocycles. The fourth-order valence-electron chi connectivity index (χ4n) is 3.32. The summed E-state index contributed by atoms with van der Waals surface area (Å²) in [6, 6.07) is 9.36. The molecule has 0 amide bonds. The van der Waals surface area contributed by atoms with Gasteiger partial charge in [0.1, 0.15) is 11.4 Å². The number of rotatable bonds is 3. The second-order valence-electron chi connectivity index (χ2n) is 6.35. The molecule has 0 unspecified atom stereocenters. The number of aromatic carboxylic acids is 1. The Hall–Kier alpha value is -3.13. The van der Waals surface area contributed by atoms with Crippen molar-refractivity contribution in [2.45, 2.75) is 0 Å². The fraction of sp³-hybridized carbons (Fsp3) is 0.211. The van der Waals surface area contributed by atoms with Crippen molar-refractivity contribution in [1.82, 2.24) is 4.98 Å². The number of piperazine rings is 1. The highest BCUT2D eigenvalue weighted by atomic mass is 32.1. The summed E-state index contributed by atoms with van der Waals surface area (Å²) in [6.07, 6.45) is 1.79. The SMILES string of the molecule is Nc1cc2c(=O)c(C(=O)O)csc2cc1N1CCN(c2ccccn2)CC1. The Morgan fingerprint density at radius 2 is 1.89 bits per heavy atom. The number of fused-ring (bicyclic) bond motifs is 1. The van der Waals surface area contributed by atoms with Crippen LogP contribution in [0.5, 0.6) is 0 Å². The summed E-state index contributed by atoms with van der Waals surface area (Å²) >= 11 is 1.25. The first-order chi connectivity index (χ1) is 13.0. The van der Waals surface area contributed by atoms with E-state index in [1.807, 2.05) is 24.3 Å². The average molecular weight is 382 g/mol. The molecule has 0 radical (unpaired) electrons. The summed E-state index contributed by atoms with van der Waals surface area (Å²) in [5.41, 5.74) is 6.86. The number of aromatic nitrogens is 1. The second-order valence-corrected chi connectivity index (χ2v) is 7.26. The number of pyridine rings is 1. The normalized spacial score (nSPS) is 14.5. The maximum absolute atomic E-state index is 12.4. The van der Waals surface area contributed by atoms with E-state index in [1.54, 1.807) is 12.3 Å². The van der Waals surface area contributed by atoms with Crippen molar-refractivity contribution in [3.05, 3.63) is 57.7 Å². The highest BCUT2D eigenvalue weighted by Crippen LogP contribution is 2.31. The number of nitrogen functional groups attached to an aromatic ring is 1. The van der Waals surface area contributed by atoms with Crippen LogP contribution in [-0.2, 0) is 0 Å². The van der Waals surface area contributed by atoms with Gasteiger partial charge in [0.15, 0.2) is 0 Å². The number of hydrogen-bond donors (Lipinski definition) is 2. The van der Waals surface area contributed by atoms with Gasteiger partial charge in [0.25, 0.3) is 0 Å². The van der Waals surface area contributed by atoms with Crippen LogP contribution in [0.15, 0.2) is 46.7 Å². The average Bonchev–Trinajstić information content (AvgIpc) is 2.69. The Morgan fingerprint density at radius 1 is 1.15 bits per heavy atom. The van der Waals surface area contributed by atoms with Gasteiger partial charge in [-0.1, -0.05) is 6.07 Å². The third kappa shape index (κ3) is 3.19. The van der Waals surface area contributed by atoms with E-state index in [1.165, 1.54) is 16.7 Å². The van der Waals surface area contributed by atoms with Crippen molar-refractivity contribution in [1.29, 1.82) is 0 Å². The molecular weight excluding hydrogens is 364 g/mol. The first-order valence-corrected chi connectivity index (χ1v) is 9.42. The molecule has 27 heavy (non-hydrogen) atoms. The molecular formula is C19H18N4O3S. The van der Waals surface area contributed by atoms with E-state index in [4.69, 9.17) is 10.8 Å². The molecule has 1 aliphatic rings. The quantitative estimate of drug-likeness (QED) is 0.670. The molecule has 0 spiro atoms. The van der Waals surface area contributed by atoms with Crippen LogP contribution in [0.1, 0.15) is 10.4 Å². The van der Waals surface area contributed by atoms with Crippen molar-refractivity contribution in [3.63, 3.8) is 0 Å². The highest BCUT2D eigenvalue weighted by Gasteiger charge is 2.21. The first kappa shape index (κ1) is 17.3. The monoisotopic (exact) mass is 382 g/mol. The van der Waals surface area contributed by atoms with Crippen molar-refractivity contribution >= 4 is 44.6 Å². The first-order valence-electron chi connectivity index (χ1n) is 8.54. The zero-order valence-electron chi connectivity index (χ0n) is 14.5. The lowest BCUT2D eigenvalue weighted by Crippen LogP contribution is -2.47. The number of anilines is 3. The van der Waals surface area contributed by atoms with Crippen LogP contribution in [-0.4, -0.2) is 42.2 Å². The third-order valence-electron chi connectivity index (χ3n) is 4.75. The minimum Gasteiger partial charge on any atom is -0.478 e. The van der Waals surface area contributed by atoms with Crippen LogP contribution in [0, 0.1) is 0 Å². The Balaban J connectivity index is 1.61. The summed E-state index contributed by atoms with van der Waals surface area (Å²) in [6.45, 7) is 3.22. The van der Waals surface area contributed by atoms with Crippen molar-refractivity contribution in [2.24, 2.45) is 0 Å². The number of nitrogens with two attached hydrogens (primary N) is 1. The summed E-state index contributed by atoms with van der Waals surface area (Å²) in [5, 5.41) is 10.9. The van der Waals surface area contributed by atoms with Gasteiger partial charge in [-0.3, -0.25) is 4.79 Å². The van der Waals surface area contributed by atoms with E-state index in [0.717, 1.165) is 42.4 Å². The van der Waals surface area contributed by atoms with Crippen molar-refractivity contribution < 1.29 is 9.90 Å². The summed E-state index contributed by atoms with van der Waals surface area (Å²) in [5.74, 6) is -0.255. The molecule has 0 bridgehead atoms. The van der Waals surface area contributed by atoms with Crippen LogP contribution in [0.4, 0.5) is 17.2 Å². The number of carbonyl (C=O) groups is 1. The molecule has 8 heteroatoms. The molecule has 1 fully saturated rings. The standard InChI is InChI=1S/C19H18N4O3S/c20-14-9-12-16(27-11-13(18(12)24)19(25)26)10-15(14)22-5-7-23(8-6-22)17-3-1-2-4-21-17/h1-4,9-11H,5-8,20H2,(H,25,26). The molecule has 4 rings (SSSR count). The van der Waals surface area contributed by atoms with E-state index in [0.29, 0.717) is 11.1 Å². The van der Waals surface area contributed by atoms with Gasteiger partial charge in [0, 0.05) is 47.8 Å². The van der Waals surface area contributed by atoms with Gasteiger partial charge in [0.05, 0.1) is 11.4 Å². The van der Waals surface area contributed by atoms with E-state index < -0.39 is 11.4 Å². The zero-order chi connectivity index (χ0) is 19.0. The maximum Gasteiger partial charge on any atom is 0.340 e. The lowest BCUT2D eigenvalue weighted by molar-refractivity contribution is 0.0696. The molecule has 3 N–H and O–H groups in total. The Labute approximate surface area is 159 Å². The largest absolute Gasteiger partial charge is 0.478 e. The van der Waals surface area contributed by atoms with Gasteiger partial charge < -0.3 is 20.6 Å². The predicted molar refractivity (Wildman–Crippen MR) is 108 cm³/mol. The van der Waals surface area contributed by atoms with E-state index in [-0.39, 0.29) is 5.56 Å². The molecule has 7 nitrogen and oxygen atoms in total. The van der Waals surface area contributed by atoms with Gasteiger partial charge in [-0.2, -0.15) is 0 Å². The smallest absolute Gasteiger partial charge is 0.340 e. The van der Waals surface area contributed by atoms with Crippen LogP contribution < -0.4 is 21.0 Å². The van der Waals surface area contributed by atoms with Crippen LogP contribution in [0.2, 0.25) is 0 Å². The Kier molecular flexibility index (Phi) is 4.41. The van der Waals surface area contributed by atoms with Gasteiger partial charge in [-0.05, 0) is 24.3 Å². The van der Waals surface area contributed by atoms with E-state index >= 15 is 0 Å². The van der Waals surface area contributed by atoms with Crippen LogP contribution in [0.3, 0.4) is 0 Å². The Bertz CT molecular complexity index is 1060. The summed E-state index contributed by atoms with van der Waals surface area (Å²) < 4.78 is 0.737. The minimum atomic E-state index is -1.22. The zero-order valence-corrected chi connectivity index (χ0v) is 15.3. The second kappa shape index (κ2) is 6.88. The molecule has 3 heterocycles. The van der Waals surface area contributed by atoms with Gasteiger partial charge in [-0.25, -0.2) is 9.78 Å². The number of hydrogen-bond acceptors (Lipinski definition) is 7. The lowest BCUT2D eigenvalue weighted by atomic mass is 10.1. The van der Waals surface area contributed by atoms with Gasteiger partial charge in [0.2, 0.25) is 5.43 Å². The van der Waals surface area contributed by atoms with Gasteiger partial charge in [-0.15, -0.1) is 11.3 Å². The molecule has 1 saturated heterocycles. The number of carboxylic acids is 1. The number of benzene rings is 1. The van der Waals surface area contributed by atoms with Crippen LogP contribution >= 0.6 is 11.3 Å². The van der Waals surface area contributed by atoms with E-state index in [9.17, 15) is 9.59 Å². The maximum atomic E-state index is 12.4. The topological polar surface area (TPSA) is 99.8 Å². The number of nitrogens with zero attached hydrogens (tertiary/aromatic N) is 3. The molecule has 0 atom stereocenters. The molecule has 1 aromatic carbocycles. The summed E-state index contributed by atoms with van der Waals surface area (Å²) in [7, 11) is 0. The van der Waals surface area contributed by atoms with Crippen molar-refractivity contribution in [3.8, 4) is 0 Å². The lowest BCUT2D eigenvalue weighted by Gasteiger charge is -2.37. The molecule has 0 aliphatic carbocycles. The molecule has 3 aromatic rings. The predicted octanol–water partition coefficient (Wildman–Crippen LogP) is 2.26. The minimum absolute atomic E-state index is 0.219. The third-order valence-corrected chi connectivity index (χ3v) is 5.69. The molecule has 138 valence electrons. The summed E-state index contributed by atoms with van der Waals surface area (Å²) in [4.78, 5) is 32.3. The Morgan fingerprint density at radius 3 is 2.56 bits per heavy atom. The number of carboxylic acid groups (broad SMARTS) is 1. The highest BCUT2D eigenvalue weighted by molar-refractivity contribution is 7.16. The fourth-order valence-corrected chi connectivity index (χ4v) is 4.23. The van der Waals surface area contributed by atoms with E-state index in [2.05, 4.69) is 14.8 Å².